The molecule has 2 unspecified atom stereocenters. The summed E-state index contributed by atoms with van der Waals surface area (Å²) in [6.07, 6.45) is 5.22. The lowest BCUT2D eigenvalue weighted by Crippen LogP contribution is -2.23. The van der Waals surface area contributed by atoms with Crippen molar-refractivity contribution in [2.45, 2.75) is 69.9 Å². The maximum Gasteiger partial charge on any atom is 0.303 e. The predicted molar refractivity (Wildman–Crippen MR) is 99.6 cm³/mol. The molecule has 6 heteroatoms. The summed E-state index contributed by atoms with van der Waals surface area (Å²) in [7, 11) is 0. The zero-order chi connectivity index (χ0) is 19.1. The van der Waals surface area contributed by atoms with E-state index in [4.69, 9.17) is 23.7 Å². The molecule has 0 saturated carbocycles. The van der Waals surface area contributed by atoms with Gasteiger partial charge in [0.15, 0.2) is 12.0 Å². The first-order valence-electron chi connectivity index (χ1n) is 10.3. The second kappa shape index (κ2) is 7.41. The second-order valence-corrected chi connectivity index (χ2v) is 7.90. The molecule has 3 aliphatic heterocycles. The molecule has 1 aliphatic carbocycles. The maximum atomic E-state index is 11.7. The van der Waals surface area contributed by atoms with Crippen LogP contribution in [0.2, 0.25) is 0 Å². The highest BCUT2D eigenvalue weighted by Crippen LogP contribution is 2.58. The minimum atomic E-state index is -0.337. The van der Waals surface area contributed by atoms with Gasteiger partial charge in [0.1, 0.15) is 23.7 Å². The minimum Gasteiger partial charge on any atom is -0.488 e. The SMILES string of the molecule is CC(=O)OC(CCCOC1CCCCO1)c1cccc2c1O[C@@H]1CC3=C(O3)[C@H]21. The van der Waals surface area contributed by atoms with Crippen molar-refractivity contribution in [1.29, 1.82) is 0 Å². The van der Waals surface area contributed by atoms with E-state index in [9.17, 15) is 4.79 Å². The van der Waals surface area contributed by atoms with Crippen LogP contribution in [-0.2, 0) is 23.7 Å². The Balaban J connectivity index is 1.26. The molecule has 3 heterocycles. The van der Waals surface area contributed by atoms with Crippen LogP contribution in [0.3, 0.4) is 0 Å². The van der Waals surface area contributed by atoms with Gasteiger partial charge in [-0.15, -0.1) is 0 Å². The zero-order valence-electron chi connectivity index (χ0n) is 16.1. The van der Waals surface area contributed by atoms with Crippen molar-refractivity contribution < 1.29 is 28.5 Å². The van der Waals surface area contributed by atoms with Crippen LogP contribution in [0.4, 0.5) is 0 Å². The number of hydrogen-bond acceptors (Lipinski definition) is 6. The van der Waals surface area contributed by atoms with Gasteiger partial charge in [0.05, 0.1) is 5.92 Å². The van der Waals surface area contributed by atoms with Gasteiger partial charge in [-0.25, -0.2) is 0 Å². The summed E-state index contributed by atoms with van der Waals surface area (Å²) in [5, 5.41) is 0. The number of carbonyl (C=O) groups excluding carboxylic acids is 1. The first kappa shape index (κ1) is 18.0. The van der Waals surface area contributed by atoms with Gasteiger partial charge in [-0.2, -0.15) is 0 Å². The zero-order valence-corrected chi connectivity index (χ0v) is 16.1. The van der Waals surface area contributed by atoms with E-state index in [0.29, 0.717) is 13.0 Å². The van der Waals surface area contributed by atoms with E-state index in [1.165, 1.54) is 6.92 Å². The molecule has 0 N–H and O–H groups in total. The third-order valence-electron chi connectivity index (χ3n) is 5.89. The monoisotopic (exact) mass is 386 g/mol. The third kappa shape index (κ3) is 3.40. The Morgan fingerprint density at radius 1 is 1.32 bits per heavy atom. The quantitative estimate of drug-likeness (QED) is 0.519. The van der Waals surface area contributed by atoms with Crippen LogP contribution < -0.4 is 4.74 Å². The van der Waals surface area contributed by atoms with Gasteiger partial charge >= 0.3 is 5.97 Å². The average molecular weight is 386 g/mol. The van der Waals surface area contributed by atoms with Gasteiger partial charge in [-0.05, 0) is 32.1 Å². The fourth-order valence-corrected chi connectivity index (χ4v) is 4.57. The summed E-state index contributed by atoms with van der Waals surface area (Å²) in [5.41, 5.74) is 2.09. The van der Waals surface area contributed by atoms with Crippen molar-refractivity contribution in [2.24, 2.45) is 0 Å². The molecule has 0 radical (unpaired) electrons. The van der Waals surface area contributed by atoms with Crippen LogP contribution in [0.15, 0.2) is 29.7 Å². The minimum absolute atomic E-state index is 0.0920. The van der Waals surface area contributed by atoms with E-state index >= 15 is 0 Å². The van der Waals surface area contributed by atoms with Crippen molar-refractivity contribution in [3.63, 3.8) is 0 Å². The lowest BCUT2D eigenvalue weighted by molar-refractivity contribution is -0.164. The smallest absolute Gasteiger partial charge is 0.303 e. The summed E-state index contributed by atoms with van der Waals surface area (Å²) in [6.45, 7) is 2.82. The number of rotatable bonds is 7. The van der Waals surface area contributed by atoms with Crippen molar-refractivity contribution in [2.75, 3.05) is 13.2 Å². The molecule has 0 amide bonds. The van der Waals surface area contributed by atoms with Gasteiger partial charge in [0.25, 0.3) is 0 Å². The Morgan fingerprint density at radius 3 is 3.07 bits per heavy atom. The van der Waals surface area contributed by atoms with Crippen LogP contribution in [0.1, 0.15) is 68.6 Å². The highest BCUT2D eigenvalue weighted by Gasteiger charge is 2.53. The van der Waals surface area contributed by atoms with Crippen LogP contribution in [-0.4, -0.2) is 31.6 Å². The second-order valence-electron chi connectivity index (χ2n) is 7.90. The Kier molecular flexibility index (Phi) is 4.77. The summed E-state index contributed by atoms with van der Waals surface area (Å²) < 4.78 is 28.9. The van der Waals surface area contributed by atoms with Crippen LogP contribution in [0.5, 0.6) is 5.75 Å². The molecule has 0 aromatic heterocycles. The van der Waals surface area contributed by atoms with Gasteiger partial charge in [0, 0.05) is 37.7 Å². The lowest BCUT2D eigenvalue weighted by atomic mass is 9.93. The molecule has 0 spiro atoms. The topological polar surface area (TPSA) is 66.5 Å². The van der Waals surface area contributed by atoms with Crippen LogP contribution >= 0.6 is 0 Å². The standard InChI is InChI=1S/C22H26O6/c1-13(23)26-16(8-5-11-25-19-9-2-3-10-24-19)14-6-4-7-15-20-17(27-21(14)15)12-18-22(20)28-18/h4,6-7,16-17,19-20H,2-3,5,8-12H2,1H3/t16?,17-,19?,20-/m1/s1. The number of ether oxygens (including phenoxy) is 5. The molecular weight excluding hydrogens is 360 g/mol. The Labute approximate surface area is 164 Å². The maximum absolute atomic E-state index is 11.7. The first-order chi connectivity index (χ1) is 13.7. The number of benzene rings is 1. The van der Waals surface area contributed by atoms with Gasteiger partial charge < -0.3 is 23.7 Å². The lowest BCUT2D eigenvalue weighted by Gasteiger charge is -2.24. The fourth-order valence-electron chi connectivity index (χ4n) is 4.57. The number of fused-ring (bicyclic) bond motifs is 4. The Bertz CT molecular complexity index is 794. The fraction of sp³-hybridized carbons (Fsp3) is 0.591. The van der Waals surface area contributed by atoms with Gasteiger partial charge in [0.2, 0.25) is 0 Å². The third-order valence-corrected chi connectivity index (χ3v) is 5.89. The van der Waals surface area contributed by atoms with Crippen LogP contribution in [0, 0.1) is 0 Å². The number of para-hydroxylation sites is 1. The van der Waals surface area contributed by atoms with Crippen molar-refractivity contribution >= 4 is 5.97 Å². The molecule has 28 heavy (non-hydrogen) atoms. The van der Waals surface area contributed by atoms with Gasteiger partial charge in [-0.3, -0.25) is 4.79 Å². The van der Waals surface area contributed by atoms with E-state index in [1.807, 2.05) is 12.1 Å². The van der Waals surface area contributed by atoms with Crippen molar-refractivity contribution in [3.8, 4) is 5.75 Å². The number of hydrogen-bond donors (Lipinski definition) is 0. The summed E-state index contributed by atoms with van der Waals surface area (Å²) in [4.78, 5) is 11.7. The molecule has 1 aromatic carbocycles. The summed E-state index contributed by atoms with van der Waals surface area (Å²) in [5.74, 6) is 2.94. The average Bonchev–Trinajstić information content (AvgIpc) is 3.20. The van der Waals surface area contributed by atoms with Crippen molar-refractivity contribution in [3.05, 3.63) is 40.8 Å². The summed E-state index contributed by atoms with van der Waals surface area (Å²) >= 11 is 0. The summed E-state index contributed by atoms with van der Waals surface area (Å²) in [6, 6.07) is 6.11. The van der Waals surface area contributed by atoms with E-state index in [-0.39, 0.29) is 30.4 Å². The Hall–Kier alpha value is -2.05. The molecule has 0 bridgehead atoms. The molecule has 150 valence electrons. The molecule has 6 nitrogen and oxygen atoms in total. The largest absolute Gasteiger partial charge is 0.488 e. The van der Waals surface area contributed by atoms with E-state index < -0.39 is 0 Å². The molecule has 1 saturated heterocycles. The molecule has 4 aliphatic rings. The molecule has 1 fully saturated rings. The predicted octanol–water partition coefficient (Wildman–Crippen LogP) is 4.10. The molecule has 4 atom stereocenters. The highest BCUT2D eigenvalue weighted by atomic mass is 16.7. The first-order valence-corrected chi connectivity index (χ1v) is 10.3. The van der Waals surface area contributed by atoms with Gasteiger partial charge in [-0.1, -0.05) is 18.2 Å². The van der Waals surface area contributed by atoms with Crippen molar-refractivity contribution in [1.82, 2.24) is 0 Å². The Morgan fingerprint density at radius 2 is 2.25 bits per heavy atom. The molecule has 5 rings (SSSR count). The normalized spacial score (nSPS) is 28.0. The number of esters is 1. The van der Waals surface area contributed by atoms with E-state index in [1.54, 1.807) is 0 Å². The molecular formula is C22H26O6. The van der Waals surface area contributed by atoms with Crippen LogP contribution in [0.25, 0.3) is 0 Å². The number of carbonyl (C=O) groups is 1. The van der Waals surface area contributed by atoms with E-state index in [2.05, 4.69) is 6.07 Å². The van der Waals surface area contributed by atoms with E-state index in [0.717, 1.165) is 67.1 Å². The molecule has 1 aromatic rings. The highest BCUT2D eigenvalue weighted by molar-refractivity contribution is 5.66.